The van der Waals surface area contributed by atoms with E-state index in [4.69, 9.17) is 14.4 Å². The highest BCUT2D eigenvalue weighted by molar-refractivity contribution is 6.10. The molecule has 0 atom stereocenters. The number of benzene rings is 7. The Morgan fingerprint density at radius 1 is 0.400 bits per heavy atom. The lowest BCUT2D eigenvalue weighted by molar-refractivity contribution is 0.353. The summed E-state index contributed by atoms with van der Waals surface area (Å²) in [5.74, 6) is 0.703. The van der Waals surface area contributed by atoms with E-state index in [1.54, 1.807) is 0 Å². The first-order valence-corrected chi connectivity index (χ1v) is 19.5. The molecule has 1 saturated carbocycles. The van der Waals surface area contributed by atoms with Crippen molar-refractivity contribution >= 4 is 21.9 Å². The Morgan fingerprint density at radius 3 is 1.82 bits per heavy atom. The molecule has 2 aliphatic carbocycles. The summed E-state index contributed by atoms with van der Waals surface area (Å²) in [5.41, 5.74) is 17.3. The number of para-hydroxylation sites is 1. The van der Waals surface area contributed by atoms with E-state index in [1.165, 1.54) is 71.0 Å². The van der Waals surface area contributed by atoms with E-state index in [-0.39, 0.29) is 5.41 Å². The second-order valence-electron chi connectivity index (χ2n) is 15.2. The molecule has 0 amide bonds. The van der Waals surface area contributed by atoms with E-state index in [0.717, 1.165) is 55.6 Å². The molecule has 55 heavy (non-hydrogen) atoms. The summed E-state index contributed by atoms with van der Waals surface area (Å²) in [5, 5.41) is 2.19. The van der Waals surface area contributed by atoms with Crippen LogP contribution in [0.5, 0.6) is 0 Å². The average Bonchev–Trinajstić information content (AvgIpc) is 3.77. The van der Waals surface area contributed by atoms with E-state index >= 15 is 0 Å². The highest BCUT2D eigenvalue weighted by Crippen LogP contribution is 2.56. The second kappa shape index (κ2) is 12.8. The third-order valence-corrected chi connectivity index (χ3v) is 12.1. The molecule has 0 N–H and O–H groups in total. The third kappa shape index (κ3) is 5.26. The summed E-state index contributed by atoms with van der Waals surface area (Å²) < 4.78 is 6.75. The molecule has 0 saturated heterocycles. The topological polar surface area (TPSA) is 38.9 Å². The number of furan rings is 1. The van der Waals surface area contributed by atoms with Gasteiger partial charge in [0, 0.05) is 38.4 Å². The van der Waals surface area contributed by atoms with Crippen LogP contribution in [0.25, 0.3) is 89.2 Å². The maximum absolute atomic E-state index is 6.75. The van der Waals surface area contributed by atoms with Crippen molar-refractivity contribution in [2.24, 2.45) is 0 Å². The Hall–Kier alpha value is -6.58. The highest BCUT2D eigenvalue weighted by Gasteiger charge is 2.43. The molecule has 262 valence electrons. The van der Waals surface area contributed by atoms with Crippen molar-refractivity contribution < 1.29 is 4.42 Å². The average molecular weight is 707 g/mol. The van der Waals surface area contributed by atoms with Gasteiger partial charge < -0.3 is 4.42 Å². The zero-order valence-electron chi connectivity index (χ0n) is 30.5. The van der Waals surface area contributed by atoms with Gasteiger partial charge in [-0.2, -0.15) is 0 Å². The molecule has 3 heteroatoms. The van der Waals surface area contributed by atoms with Crippen LogP contribution in [0.2, 0.25) is 0 Å². The number of aromatic nitrogens is 2. The predicted molar refractivity (Wildman–Crippen MR) is 226 cm³/mol. The van der Waals surface area contributed by atoms with E-state index in [9.17, 15) is 0 Å². The summed E-state index contributed by atoms with van der Waals surface area (Å²) in [7, 11) is 0. The van der Waals surface area contributed by atoms with Crippen LogP contribution in [0.15, 0.2) is 174 Å². The van der Waals surface area contributed by atoms with E-state index in [1.807, 2.05) is 24.3 Å². The van der Waals surface area contributed by atoms with Crippen LogP contribution in [0.3, 0.4) is 0 Å². The van der Waals surface area contributed by atoms with Gasteiger partial charge in [0.15, 0.2) is 5.82 Å². The van der Waals surface area contributed by atoms with E-state index in [2.05, 4.69) is 146 Å². The van der Waals surface area contributed by atoms with E-state index < -0.39 is 0 Å². The number of hydrogen-bond acceptors (Lipinski definition) is 3. The van der Waals surface area contributed by atoms with Gasteiger partial charge in [-0.1, -0.05) is 159 Å². The Kier molecular flexibility index (Phi) is 7.41. The molecule has 3 nitrogen and oxygen atoms in total. The van der Waals surface area contributed by atoms with Gasteiger partial charge in [-0.25, -0.2) is 9.97 Å². The molecule has 11 rings (SSSR count). The third-order valence-electron chi connectivity index (χ3n) is 12.1. The quantitative estimate of drug-likeness (QED) is 0.179. The van der Waals surface area contributed by atoms with Crippen molar-refractivity contribution in [2.75, 3.05) is 0 Å². The Labute approximate surface area is 321 Å². The van der Waals surface area contributed by atoms with Crippen molar-refractivity contribution in [3.8, 4) is 67.3 Å². The fraction of sp³-hybridized carbons (Fsp3) is 0.115. The van der Waals surface area contributed by atoms with Crippen LogP contribution in [0.1, 0.15) is 43.2 Å². The maximum Gasteiger partial charge on any atom is 0.160 e. The smallest absolute Gasteiger partial charge is 0.160 e. The summed E-state index contributed by atoms with van der Waals surface area (Å²) in [6.45, 7) is 0. The van der Waals surface area contributed by atoms with E-state index in [0.29, 0.717) is 5.82 Å². The van der Waals surface area contributed by atoms with Crippen LogP contribution in [0, 0.1) is 0 Å². The second-order valence-corrected chi connectivity index (χ2v) is 15.2. The van der Waals surface area contributed by atoms with Gasteiger partial charge in [-0.05, 0) is 82.1 Å². The number of fused-ring (bicyclic) bond motifs is 8. The van der Waals surface area contributed by atoms with Crippen molar-refractivity contribution in [3.63, 3.8) is 0 Å². The molecular formula is C52H38N2O. The lowest BCUT2D eigenvalue weighted by Crippen LogP contribution is -2.28. The fourth-order valence-electron chi connectivity index (χ4n) is 9.43. The van der Waals surface area contributed by atoms with Crippen molar-refractivity contribution in [3.05, 3.63) is 181 Å². The lowest BCUT2D eigenvalue weighted by atomic mass is 9.67. The minimum absolute atomic E-state index is 0.107. The van der Waals surface area contributed by atoms with Gasteiger partial charge in [0.1, 0.15) is 11.2 Å². The molecule has 0 radical (unpaired) electrons. The predicted octanol–water partition coefficient (Wildman–Crippen LogP) is 13.9. The van der Waals surface area contributed by atoms with Crippen LogP contribution in [-0.4, -0.2) is 9.97 Å². The monoisotopic (exact) mass is 706 g/mol. The molecule has 7 aromatic carbocycles. The first-order chi connectivity index (χ1) is 27.2. The van der Waals surface area contributed by atoms with Gasteiger partial charge in [0.2, 0.25) is 0 Å². The molecule has 0 bridgehead atoms. The SMILES string of the molecule is c1ccc(-c2ccc(-c3cc(-c4ccc5oc6c(-c7ccc8c(c7)C7(CCCCC7)c7ccccc7-8)cccc6c5c4)nc(-c4ccccc4)n3)cc2)cc1. The molecule has 2 aromatic heterocycles. The summed E-state index contributed by atoms with van der Waals surface area (Å²) in [6, 6.07) is 60.8. The molecule has 1 fully saturated rings. The minimum Gasteiger partial charge on any atom is -0.455 e. The van der Waals surface area contributed by atoms with Crippen molar-refractivity contribution in [1.29, 1.82) is 0 Å². The summed E-state index contributed by atoms with van der Waals surface area (Å²) in [6.07, 6.45) is 6.31. The first-order valence-electron chi connectivity index (χ1n) is 19.5. The zero-order valence-corrected chi connectivity index (χ0v) is 30.5. The van der Waals surface area contributed by atoms with Crippen molar-refractivity contribution in [2.45, 2.75) is 37.5 Å². The highest BCUT2D eigenvalue weighted by atomic mass is 16.3. The molecule has 0 unspecified atom stereocenters. The standard InChI is InChI=1S/C52H38N2O/c1-4-13-34(14-5-1)35-21-23-36(24-22-35)47-33-48(54-51(53-47)37-15-6-2-7-16-37)39-26-28-49-44(31-39)43-19-12-18-40(50(43)55-49)38-25-27-42-41-17-8-9-20-45(41)52(46(42)32-38)29-10-3-11-30-52/h1-2,4-9,12-28,31-33H,3,10-11,29-30H2. The Bertz CT molecular complexity index is 2880. The Balaban J connectivity index is 1.02. The van der Waals surface area contributed by atoms with Gasteiger partial charge in [0.05, 0.1) is 11.4 Å². The minimum atomic E-state index is 0.107. The summed E-state index contributed by atoms with van der Waals surface area (Å²) in [4.78, 5) is 10.2. The van der Waals surface area contributed by atoms with Crippen LogP contribution in [0.4, 0.5) is 0 Å². The molecule has 1 spiro atoms. The maximum atomic E-state index is 6.75. The molecule has 2 heterocycles. The molecule has 0 aliphatic heterocycles. The van der Waals surface area contributed by atoms with Gasteiger partial charge in [-0.3, -0.25) is 0 Å². The van der Waals surface area contributed by atoms with Crippen LogP contribution >= 0.6 is 0 Å². The number of hydrogen-bond donors (Lipinski definition) is 0. The van der Waals surface area contributed by atoms with Crippen LogP contribution < -0.4 is 0 Å². The zero-order chi connectivity index (χ0) is 36.3. The largest absolute Gasteiger partial charge is 0.455 e. The van der Waals surface area contributed by atoms with Gasteiger partial charge >= 0.3 is 0 Å². The lowest BCUT2D eigenvalue weighted by Gasteiger charge is -2.36. The summed E-state index contributed by atoms with van der Waals surface area (Å²) >= 11 is 0. The number of rotatable bonds is 5. The molecule has 2 aliphatic rings. The van der Waals surface area contributed by atoms with Gasteiger partial charge in [0.25, 0.3) is 0 Å². The molecular weight excluding hydrogens is 669 g/mol. The first kappa shape index (κ1) is 31.9. The van der Waals surface area contributed by atoms with Crippen LogP contribution in [-0.2, 0) is 5.41 Å². The molecule has 9 aromatic rings. The number of nitrogens with zero attached hydrogens (tertiary/aromatic N) is 2. The van der Waals surface area contributed by atoms with Gasteiger partial charge in [-0.15, -0.1) is 0 Å². The fourth-order valence-corrected chi connectivity index (χ4v) is 9.43. The normalized spacial score (nSPS) is 14.3. The Morgan fingerprint density at radius 2 is 1.02 bits per heavy atom. The van der Waals surface area contributed by atoms with Crippen molar-refractivity contribution in [1.82, 2.24) is 9.97 Å².